The molecular formula is C90H97Cl3N10O5. The molecule has 15 rings (SSSR count). The van der Waals surface area contributed by atoms with Crippen molar-refractivity contribution in [3.05, 3.63) is 351 Å². The van der Waals surface area contributed by atoms with E-state index in [0.717, 1.165) is 93.5 Å². The van der Waals surface area contributed by atoms with E-state index < -0.39 is 0 Å². The molecule has 5 aliphatic rings. The zero-order valence-electron chi connectivity index (χ0n) is 61.8. The zero-order chi connectivity index (χ0) is 75.7. The number of benzene rings is 10. The summed E-state index contributed by atoms with van der Waals surface area (Å²) in [6.07, 6.45) is 6.21. The minimum absolute atomic E-state index is 0.00652. The highest BCUT2D eigenvalue weighted by Gasteiger charge is 2.26. The predicted octanol–water partition coefficient (Wildman–Crippen LogP) is 15.0. The molecule has 0 fully saturated rings. The molecular weight excluding hydrogens is 1410 g/mol. The fourth-order valence-corrected chi connectivity index (χ4v) is 14.5. The Labute approximate surface area is 650 Å². The van der Waals surface area contributed by atoms with Gasteiger partial charge in [0.1, 0.15) is 0 Å². The van der Waals surface area contributed by atoms with E-state index >= 15 is 0 Å². The molecule has 5 atom stereocenters. The van der Waals surface area contributed by atoms with Crippen molar-refractivity contribution < 1.29 is 24.0 Å². The van der Waals surface area contributed by atoms with E-state index in [4.69, 9.17) is 34.8 Å². The van der Waals surface area contributed by atoms with Gasteiger partial charge in [0.25, 0.3) is 29.5 Å². The van der Waals surface area contributed by atoms with Gasteiger partial charge in [-0.25, -0.2) is 0 Å². The van der Waals surface area contributed by atoms with Crippen LogP contribution < -0.4 is 53.2 Å². The van der Waals surface area contributed by atoms with E-state index in [9.17, 15) is 24.0 Å². The maximum atomic E-state index is 12.3. The van der Waals surface area contributed by atoms with Crippen LogP contribution in [-0.2, 0) is 38.5 Å². The molecule has 10 N–H and O–H groups in total. The Hall–Kier alpha value is -9.78. The van der Waals surface area contributed by atoms with Crippen molar-refractivity contribution in [2.24, 2.45) is 0 Å². The molecule has 5 heterocycles. The molecule has 0 saturated carbocycles. The van der Waals surface area contributed by atoms with Crippen LogP contribution in [0.1, 0.15) is 167 Å². The number of nitrogens with one attached hydrogen (secondary N) is 10. The van der Waals surface area contributed by atoms with Crippen LogP contribution in [-0.4, -0.2) is 95.0 Å². The van der Waals surface area contributed by atoms with Crippen molar-refractivity contribution in [3.63, 3.8) is 0 Å². The lowest BCUT2D eigenvalue weighted by molar-refractivity contribution is 0.0941. The first-order valence-electron chi connectivity index (χ1n) is 37.5. The van der Waals surface area contributed by atoms with Gasteiger partial charge in [0, 0.05) is 95.8 Å². The largest absolute Gasteiger partial charge is 0.350 e. The molecule has 5 aliphatic heterocycles. The van der Waals surface area contributed by atoms with Crippen LogP contribution in [0.15, 0.2) is 231 Å². The zero-order valence-corrected chi connectivity index (χ0v) is 64.1. The molecule has 0 saturated heterocycles. The maximum absolute atomic E-state index is 12.3. The van der Waals surface area contributed by atoms with Crippen molar-refractivity contribution in [1.82, 2.24) is 53.2 Å². The Morgan fingerprint density at radius 3 is 0.907 bits per heavy atom. The number of fused-ring (bicyclic) bond motifs is 5. The van der Waals surface area contributed by atoms with Crippen molar-refractivity contribution in [2.45, 2.75) is 96.4 Å². The van der Waals surface area contributed by atoms with Crippen LogP contribution in [0.5, 0.6) is 0 Å². The van der Waals surface area contributed by atoms with Gasteiger partial charge in [0.15, 0.2) is 0 Å². The first kappa shape index (κ1) is 79.3. The van der Waals surface area contributed by atoms with E-state index in [1.165, 1.54) is 66.8 Å². The molecule has 18 heteroatoms. The Morgan fingerprint density at radius 2 is 0.593 bits per heavy atom. The second-order valence-corrected chi connectivity index (χ2v) is 28.9. The number of hydrogen-bond acceptors (Lipinski definition) is 10. The van der Waals surface area contributed by atoms with Crippen LogP contribution in [0.2, 0.25) is 15.1 Å². The molecule has 108 heavy (non-hydrogen) atoms. The summed E-state index contributed by atoms with van der Waals surface area (Å²) in [4.78, 5) is 61.1. The van der Waals surface area contributed by atoms with Gasteiger partial charge < -0.3 is 53.2 Å². The van der Waals surface area contributed by atoms with Crippen molar-refractivity contribution >= 4 is 64.3 Å². The monoisotopic (exact) mass is 1500 g/mol. The molecule has 0 aliphatic carbocycles. The fraction of sp³-hybridized carbons (Fsp3) is 0.278. The van der Waals surface area contributed by atoms with E-state index in [1.807, 2.05) is 92.7 Å². The Bertz CT molecular complexity index is 4450. The standard InChI is InChI=1S/2C19H22N2O.C18H20N2O.C17H16Cl2N2O.C17H17ClN2O/c1-13-7-8-16(11-14(13)2)19(22)21-12-18-17-6-4-3-5-15(17)9-10-20-18;1-2-14-7-9-16(10-8-14)19(22)21-13-18-17-6-4-3-5-15(17)11-12-20-18;1-13-6-8-15(9-7-13)18(21)20-12-17-16-5-3-2-4-14(16)10-11-19-17;18-14-6-5-12(9-15(14)19)17(22)21-10-16-13-4-2-1-3-11(13)7-8-20-16;18-14-7-5-13(6-8-14)17(21)20-11-16-15-4-2-1-3-12(15)9-10-19-16/h3-8,11,18,20H,9-10,12H2,1-2H3,(H,21,22);3-10,18,20H,2,11-13H2,1H3,(H,21,22);2-9,17,19H,10-12H2,1H3,(H,20,21);1-6,9,16,20H,7-8,10H2,(H,21,22);1-8,16,19H,9-11H2,(H,20,21). The van der Waals surface area contributed by atoms with E-state index in [2.05, 4.69) is 176 Å². The first-order chi connectivity index (χ1) is 52.5. The molecule has 5 unspecified atom stereocenters. The van der Waals surface area contributed by atoms with Gasteiger partial charge in [-0.2, -0.15) is 0 Å². The van der Waals surface area contributed by atoms with Crippen LogP contribution in [0.4, 0.5) is 0 Å². The summed E-state index contributed by atoms with van der Waals surface area (Å²) in [5.41, 5.74) is 21.4. The van der Waals surface area contributed by atoms with E-state index in [1.54, 1.807) is 42.5 Å². The Kier molecular flexibility index (Phi) is 29.3. The van der Waals surface area contributed by atoms with Crippen LogP contribution >= 0.6 is 34.8 Å². The summed E-state index contributed by atoms with van der Waals surface area (Å²) in [6, 6.07) is 76.1. The van der Waals surface area contributed by atoms with Gasteiger partial charge in [0.2, 0.25) is 0 Å². The SMILES string of the molecule is CCc1ccc(C(=O)NCC2NCCc3ccccc32)cc1.Cc1ccc(C(=O)NCC2NCCc3ccccc32)cc1.Cc1ccc(C(=O)NCC2NCCc3ccccc32)cc1C.O=C(NCC1NCCc2ccccc21)c1ccc(Cl)c(Cl)c1.O=C(NCC1NCCc2ccccc21)c1ccc(Cl)cc1. The minimum Gasteiger partial charge on any atom is -0.350 e. The number of hydrogen-bond donors (Lipinski definition) is 10. The lowest BCUT2D eigenvalue weighted by atomic mass is 9.94. The average molecular weight is 1510 g/mol. The van der Waals surface area contributed by atoms with Gasteiger partial charge >= 0.3 is 0 Å². The number of carbonyl (C=O) groups is 5. The molecule has 5 amide bonds. The number of rotatable bonds is 16. The molecule has 0 aromatic heterocycles. The number of halogens is 3. The molecule has 0 spiro atoms. The summed E-state index contributed by atoms with van der Waals surface area (Å²) in [5, 5.41) is 33.9. The van der Waals surface area contributed by atoms with Crippen LogP contribution in [0.25, 0.3) is 0 Å². The summed E-state index contributed by atoms with van der Waals surface area (Å²) in [7, 11) is 0. The van der Waals surface area contributed by atoms with Gasteiger partial charge in [-0.3, -0.25) is 24.0 Å². The minimum atomic E-state index is -0.150. The first-order valence-corrected chi connectivity index (χ1v) is 38.6. The van der Waals surface area contributed by atoms with Crippen molar-refractivity contribution in [1.29, 1.82) is 0 Å². The number of amides is 5. The predicted molar refractivity (Wildman–Crippen MR) is 437 cm³/mol. The lowest BCUT2D eigenvalue weighted by Gasteiger charge is -2.27. The van der Waals surface area contributed by atoms with E-state index in [-0.39, 0.29) is 59.7 Å². The van der Waals surface area contributed by atoms with Crippen LogP contribution in [0.3, 0.4) is 0 Å². The van der Waals surface area contributed by atoms with Gasteiger partial charge in [-0.15, -0.1) is 0 Å². The van der Waals surface area contributed by atoms with Gasteiger partial charge in [-0.1, -0.05) is 199 Å². The lowest BCUT2D eigenvalue weighted by Crippen LogP contribution is -2.38. The number of carbonyl (C=O) groups excluding carboxylic acids is 5. The highest BCUT2D eigenvalue weighted by atomic mass is 35.5. The second-order valence-electron chi connectivity index (χ2n) is 27.7. The summed E-state index contributed by atoms with van der Waals surface area (Å²) in [6.45, 7) is 15.9. The Balaban J connectivity index is 0.000000134. The summed E-state index contributed by atoms with van der Waals surface area (Å²) in [5.74, 6) is -0.250. The normalized spacial score (nSPS) is 17.0. The van der Waals surface area contributed by atoms with Crippen LogP contribution in [0, 0.1) is 20.8 Å². The fourth-order valence-electron chi connectivity index (χ4n) is 14.1. The average Bonchev–Trinajstić information content (AvgIpc) is 0.835. The van der Waals surface area contributed by atoms with Gasteiger partial charge in [-0.05, 0) is 243 Å². The third-order valence-electron chi connectivity index (χ3n) is 20.4. The second kappa shape index (κ2) is 39.9. The topological polar surface area (TPSA) is 206 Å². The van der Waals surface area contributed by atoms with Gasteiger partial charge in [0.05, 0.1) is 10.0 Å². The summed E-state index contributed by atoms with van der Waals surface area (Å²) < 4.78 is 0. The van der Waals surface area contributed by atoms with Crippen molar-refractivity contribution in [2.75, 3.05) is 65.4 Å². The molecule has 0 radical (unpaired) electrons. The smallest absolute Gasteiger partial charge is 0.251 e. The van der Waals surface area contributed by atoms with E-state index in [0.29, 0.717) is 64.5 Å². The van der Waals surface area contributed by atoms with Crippen molar-refractivity contribution in [3.8, 4) is 0 Å². The summed E-state index contributed by atoms with van der Waals surface area (Å²) >= 11 is 17.6. The number of aryl methyl sites for hydroxylation is 4. The third kappa shape index (κ3) is 22.2. The molecule has 10 aromatic rings. The highest BCUT2D eigenvalue weighted by molar-refractivity contribution is 6.42. The molecule has 15 nitrogen and oxygen atoms in total. The molecule has 10 aromatic carbocycles. The highest BCUT2D eigenvalue weighted by Crippen LogP contribution is 2.28. The third-order valence-corrected chi connectivity index (χ3v) is 21.4. The Morgan fingerprint density at radius 1 is 0.315 bits per heavy atom. The molecule has 558 valence electrons. The quantitative estimate of drug-likeness (QED) is 0.0443. The maximum Gasteiger partial charge on any atom is 0.251 e. The molecule has 0 bridgehead atoms.